The lowest BCUT2D eigenvalue weighted by Gasteiger charge is -2.31. The number of amides is 1. The molecule has 2 aliphatic rings. The largest absolute Gasteiger partial charge is 0.339 e. The lowest BCUT2D eigenvalue weighted by molar-refractivity contribution is 0.0717. The minimum absolute atomic E-state index is 0.0474. The maximum atomic E-state index is 12.9. The van der Waals surface area contributed by atoms with Crippen molar-refractivity contribution >= 4 is 21.6 Å². The Balaban J connectivity index is 1.82. The number of anilines is 1. The summed E-state index contributed by atoms with van der Waals surface area (Å²) in [7, 11) is -1.37. The first-order valence-electron chi connectivity index (χ1n) is 9.26. The zero-order valence-electron chi connectivity index (χ0n) is 15.2. The molecule has 0 saturated heterocycles. The number of carbonyl (C=O) groups excluding carboxylic acids is 1. The van der Waals surface area contributed by atoms with Crippen LogP contribution in [-0.2, 0) is 16.4 Å². The van der Waals surface area contributed by atoms with E-state index in [0.717, 1.165) is 36.9 Å². The number of hydrogen-bond donors (Lipinski definition) is 0. The highest BCUT2D eigenvalue weighted by atomic mass is 32.2. The average Bonchev–Trinajstić information content (AvgIpc) is 2.88. The monoisotopic (exact) mass is 364 g/mol. The smallest absolute Gasteiger partial charge is 0.253 e. The molecule has 1 saturated carbocycles. The number of fused-ring (bicyclic) bond motifs is 1. The summed E-state index contributed by atoms with van der Waals surface area (Å²) in [6, 6.07) is 5.78. The number of nitrogens with zero attached hydrogens (tertiary/aromatic N) is 2. The molecule has 3 rings (SSSR count). The average molecular weight is 365 g/mol. The summed E-state index contributed by atoms with van der Waals surface area (Å²) in [5.74, 6) is 0.0474. The molecule has 0 bridgehead atoms. The number of carbonyl (C=O) groups is 1. The first kappa shape index (κ1) is 18.2. The van der Waals surface area contributed by atoms with Crippen molar-refractivity contribution in [3.8, 4) is 0 Å². The molecule has 0 unspecified atom stereocenters. The molecule has 1 amide bonds. The third kappa shape index (κ3) is 4.00. The molecule has 1 aromatic rings. The van der Waals surface area contributed by atoms with Crippen molar-refractivity contribution in [1.82, 2.24) is 4.90 Å². The Kier molecular flexibility index (Phi) is 5.37. The second-order valence-corrected chi connectivity index (χ2v) is 9.25. The van der Waals surface area contributed by atoms with Crippen LogP contribution in [0.3, 0.4) is 0 Å². The summed E-state index contributed by atoms with van der Waals surface area (Å²) in [6.45, 7) is 0.515. The third-order valence-electron chi connectivity index (χ3n) is 5.50. The minimum Gasteiger partial charge on any atom is -0.339 e. The van der Waals surface area contributed by atoms with Gasteiger partial charge in [-0.25, -0.2) is 8.42 Å². The number of rotatable bonds is 3. The van der Waals surface area contributed by atoms with Gasteiger partial charge in [-0.1, -0.05) is 25.7 Å². The van der Waals surface area contributed by atoms with Gasteiger partial charge < -0.3 is 4.90 Å². The Morgan fingerprint density at radius 1 is 1.12 bits per heavy atom. The topological polar surface area (TPSA) is 57.7 Å². The molecular weight excluding hydrogens is 336 g/mol. The first-order chi connectivity index (χ1) is 11.9. The Hall–Kier alpha value is -1.56. The van der Waals surface area contributed by atoms with E-state index in [1.165, 1.54) is 36.2 Å². The van der Waals surface area contributed by atoms with E-state index in [9.17, 15) is 13.2 Å². The molecule has 1 heterocycles. The van der Waals surface area contributed by atoms with E-state index in [4.69, 9.17) is 0 Å². The van der Waals surface area contributed by atoms with E-state index in [0.29, 0.717) is 18.2 Å². The van der Waals surface area contributed by atoms with Crippen LogP contribution in [0, 0.1) is 0 Å². The van der Waals surface area contributed by atoms with Crippen LogP contribution in [-0.4, -0.2) is 45.1 Å². The van der Waals surface area contributed by atoms with E-state index in [1.807, 2.05) is 18.0 Å². The van der Waals surface area contributed by atoms with Crippen molar-refractivity contribution in [2.75, 3.05) is 24.2 Å². The van der Waals surface area contributed by atoms with Crippen molar-refractivity contribution in [3.63, 3.8) is 0 Å². The lowest BCUT2D eigenvalue weighted by Crippen LogP contribution is -2.37. The molecule has 1 aromatic carbocycles. The van der Waals surface area contributed by atoms with Gasteiger partial charge in [0.25, 0.3) is 5.91 Å². The fourth-order valence-corrected chi connectivity index (χ4v) is 5.05. The van der Waals surface area contributed by atoms with E-state index in [2.05, 4.69) is 0 Å². The summed E-state index contributed by atoms with van der Waals surface area (Å²) < 4.78 is 25.4. The van der Waals surface area contributed by atoms with Crippen molar-refractivity contribution in [2.24, 2.45) is 0 Å². The van der Waals surface area contributed by atoms with Gasteiger partial charge >= 0.3 is 0 Å². The highest BCUT2D eigenvalue weighted by Crippen LogP contribution is 2.30. The van der Waals surface area contributed by atoms with Gasteiger partial charge in [0, 0.05) is 25.2 Å². The van der Waals surface area contributed by atoms with Crippen LogP contribution < -0.4 is 4.31 Å². The molecule has 6 heteroatoms. The van der Waals surface area contributed by atoms with Crippen molar-refractivity contribution in [3.05, 3.63) is 29.3 Å². The molecular formula is C19H28N2O3S. The fourth-order valence-electron chi connectivity index (χ4n) is 4.05. The fraction of sp³-hybridized carbons (Fsp3) is 0.632. The number of aryl methyl sites for hydroxylation is 1. The highest BCUT2D eigenvalue weighted by molar-refractivity contribution is 7.92. The van der Waals surface area contributed by atoms with Gasteiger partial charge in [0.05, 0.1) is 11.9 Å². The number of hydrogen-bond acceptors (Lipinski definition) is 3. The number of sulfonamides is 1. The Bertz CT molecular complexity index is 737. The second-order valence-electron chi connectivity index (χ2n) is 7.34. The molecule has 1 aliphatic heterocycles. The lowest BCUT2D eigenvalue weighted by atomic mass is 9.99. The minimum atomic E-state index is -3.27. The van der Waals surface area contributed by atoms with Crippen LogP contribution in [0.5, 0.6) is 0 Å². The highest BCUT2D eigenvalue weighted by Gasteiger charge is 2.26. The zero-order chi connectivity index (χ0) is 18.0. The Morgan fingerprint density at radius 2 is 1.80 bits per heavy atom. The van der Waals surface area contributed by atoms with Gasteiger partial charge in [0.2, 0.25) is 10.0 Å². The standard InChI is InChI=1S/C19H28N2O3S/c1-20(17-9-5-3-4-6-10-17)19(22)16-11-12-18-15(14-16)8-7-13-21(18)25(2,23)24/h11-12,14,17H,3-10,13H2,1-2H3. The van der Waals surface area contributed by atoms with E-state index >= 15 is 0 Å². The molecule has 1 fully saturated rings. The first-order valence-corrected chi connectivity index (χ1v) is 11.1. The van der Waals surface area contributed by atoms with Crippen LogP contribution in [0.2, 0.25) is 0 Å². The molecule has 0 aromatic heterocycles. The van der Waals surface area contributed by atoms with Gasteiger partial charge in [-0.15, -0.1) is 0 Å². The normalized spacial score (nSPS) is 19.2. The van der Waals surface area contributed by atoms with Crippen molar-refractivity contribution in [2.45, 2.75) is 57.4 Å². The SMILES string of the molecule is CN(C(=O)c1ccc2c(c1)CCCN2S(C)(=O)=O)C1CCCCCC1. The maximum Gasteiger partial charge on any atom is 0.253 e. The van der Waals surface area contributed by atoms with Gasteiger partial charge in [-0.05, 0) is 49.4 Å². The predicted molar refractivity (Wildman–Crippen MR) is 101 cm³/mol. The van der Waals surface area contributed by atoms with E-state index in [1.54, 1.807) is 12.1 Å². The van der Waals surface area contributed by atoms with Crippen molar-refractivity contribution in [1.29, 1.82) is 0 Å². The summed E-state index contributed by atoms with van der Waals surface area (Å²) >= 11 is 0. The summed E-state index contributed by atoms with van der Waals surface area (Å²) in [5.41, 5.74) is 2.35. The van der Waals surface area contributed by atoms with Gasteiger partial charge in [-0.2, -0.15) is 0 Å². The Morgan fingerprint density at radius 3 is 2.44 bits per heavy atom. The maximum absolute atomic E-state index is 12.9. The van der Waals surface area contributed by atoms with Crippen molar-refractivity contribution < 1.29 is 13.2 Å². The zero-order valence-corrected chi connectivity index (χ0v) is 16.0. The Labute approximate surface area is 151 Å². The molecule has 1 aliphatic carbocycles. The van der Waals surface area contributed by atoms with E-state index < -0.39 is 10.0 Å². The molecule has 0 N–H and O–H groups in total. The summed E-state index contributed by atoms with van der Waals surface area (Å²) in [4.78, 5) is 14.8. The quantitative estimate of drug-likeness (QED) is 0.774. The number of benzene rings is 1. The van der Waals surface area contributed by atoms with Crippen LogP contribution in [0.25, 0.3) is 0 Å². The van der Waals surface area contributed by atoms with E-state index in [-0.39, 0.29) is 5.91 Å². The molecule has 25 heavy (non-hydrogen) atoms. The molecule has 138 valence electrons. The van der Waals surface area contributed by atoms with Crippen LogP contribution in [0.4, 0.5) is 5.69 Å². The molecule has 0 atom stereocenters. The van der Waals surface area contributed by atoms with Gasteiger partial charge in [0.15, 0.2) is 0 Å². The van der Waals surface area contributed by atoms with Crippen LogP contribution >= 0.6 is 0 Å². The molecule has 0 spiro atoms. The summed E-state index contributed by atoms with van der Waals surface area (Å²) in [6.07, 6.45) is 9.90. The molecule has 5 nitrogen and oxygen atoms in total. The van der Waals surface area contributed by atoms with Crippen LogP contribution in [0.1, 0.15) is 60.9 Å². The van der Waals surface area contributed by atoms with Gasteiger partial charge in [-0.3, -0.25) is 9.10 Å². The van der Waals surface area contributed by atoms with Crippen LogP contribution in [0.15, 0.2) is 18.2 Å². The van der Waals surface area contributed by atoms with Gasteiger partial charge in [0.1, 0.15) is 0 Å². The predicted octanol–water partition coefficient (Wildman–Crippen LogP) is 3.19. The third-order valence-corrected chi connectivity index (χ3v) is 6.68. The second kappa shape index (κ2) is 7.36. The molecule has 0 radical (unpaired) electrons. The summed E-state index contributed by atoms with van der Waals surface area (Å²) in [5, 5.41) is 0.